The maximum absolute atomic E-state index is 12.4. The molecule has 10 nitrogen and oxygen atoms in total. The molecule has 2 aromatic heterocycles. The van der Waals surface area contributed by atoms with Gasteiger partial charge in [-0.1, -0.05) is 6.07 Å². The lowest BCUT2D eigenvalue weighted by Gasteiger charge is -2.31. The molecule has 30 heavy (non-hydrogen) atoms. The average Bonchev–Trinajstić information content (AvgIpc) is 3.17. The monoisotopic (exact) mass is 415 g/mol. The Morgan fingerprint density at radius 3 is 2.70 bits per heavy atom. The highest BCUT2D eigenvalue weighted by Crippen LogP contribution is 2.38. The molecule has 2 N–H and O–H groups in total. The van der Waals surface area contributed by atoms with Crippen molar-refractivity contribution in [3.63, 3.8) is 0 Å². The van der Waals surface area contributed by atoms with E-state index in [1.54, 1.807) is 12.1 Å². The van der Waals surface area contributed by atoms with Crippen LogP contribution in [0.4, 0.5) is 5.82 Å². The van der Waals surface area contributed by atoms with E-state index < -0.39 is 5.97 Å². The van der Waals surface area contributed by atoms with E-state index in [-0.39, 0.29) is 36.5 Å². The molecule has 0 saturated carbocycles. The molecule has 0 aromatic carbocycles. The molecule has 10 heteroatoms. The van der Waals surface area contributed by atoms with Gasteiger partial charge in [0.2, 0.25) is 5.91 Å². The molecule has 1 fully saturated rings. The van der Waals surface area contributed by atoms with Crippen molar-refractivity contribution in [1.29, 1.82) is 0 Å². The number of ether oxygens (including phenoxy) is 1. The molecule has 2 aliphatic heterocycles. The fourth-order valence-corrected chi connectivity index (χ4v) is 3.88. The van der Waals surface area contributed by atoms with Crippen LogP contribution in [-0.4, -0.2) is 70.4 Å². The molecule has 0 spiro atoms. The number of carbonyl (C=O) groups is 3. The molecular weight excluding hydrogens is 390 g/mol. The van der Waals surface area contributed by atoms with Crippen molar-refractivity contribution in [2.45, 2.75) is 31.2 Å². The van der Waals surface area contributed by atoms with Crippen LogP contribution in [0.25, 0.3) is 0 Å². The summed E-state index contributed by atoms with van der Waals surface area (Å²) in [5.74, 6) is -0.0127. The molecule has 0 aliphatic carbocycles. The van der Waals surface area contributed by atoms with Gasteiger partial charge in [-0.25, -0.2) is 14.5 Å². The molecule has 160 valence electrons. The number of aromatic nitrogens is 3. The number of nitrogens with one attached hydrogen (secondary N) is 1. The van der Waals surface area contributed by atoms with Crippen LogP contribution in [0.5, 0.6) is 0 Å². The second kappa shape index (κ2) is 9.49. The molecular formula is C20H25N5O5. The average molecular weight is 415 g/mol. The number of carboxylic acid groups (broad SMARTS) is 1. The van der Waals surface area contributed by atoms with E-state index in [2.05, 4.69) is 27.3 Å². The minimum atomic E-state index is -0.487. The van der Waals surface area contributed by atoms with Crippen LogP contribution in [0.1, 0.15) is 53.0 Å². The summed E-state index contributed by atoms with van der Waals surface area (Å²) in [7, 11) is 3.45. The summed E-state index contributed by atoms with van der Waals surface area (Å²) < 4.78 is 6.72. The van der Waals surface area contributed by atoms with Crippen LogP contribution in [0, 0.1) is 0 Å². The van der Waals surface area contributed by atoms with E-state index in [0.29, 0.717) is 5.69 Å². The summed E-state index contributed by atoms with van der Waals surface area (Å²) in [6.45, 7) is 1.78. The predicted octanol–water partition coefficient (Wildman–Crippen LogP) is 1.51. The van der Waals surface area contributed by atoms with Gasteiger partial charge in [-0.15, -0.1) is 0 Å². The Morgan fingerprint density at radius 2 is 2.03 bits per heavy atom. The van der Waals surface area contributed by atoms with Crippen molar-refractivity contribution in [2.24, 2.45) is 0 Å². The molecule has 0 radical (unpaired) electrons. The van der Waals surface area contributed by atoms with Crippen molar-refractivity contribution in [2.75, 3.05) is 32.6 Å². The molecule has 4 rings (SSSR count). The number of carbonyl (C=O) groups excluding carboxylic acids is 2. The zero-order chi connectivity index (χ0) is 21.7. The van der Waals surface area contributed by atoms with Gasteiger partial charge in [-0.3, -0.25) is 9.59 Å². The predicted molar refractivity (Wildman–Crippen MR) is 107 cm³/mol. The number of methoxy groups -OCH3 is 1. The molecule has 1 atom stereocenters. The summed E-state index contributed by atoms with van der Waals surface area (Å²) in [6, 6.07) is 5.49. The number of anilines is 1. The van der Waals surface area contributed by atoms with Crippen LogP contribution < -0.4 is 5.32 Å². The molecule has 2 aliphatic rings. The van der Waals surface area contributed by atoms with Gasteiger partial charge in [0.05, 0.1) is 19.3 Å². The number of nitrogens with zero attached hydrogens (tertiary/aromatic N) is 4. The van der Waals surface area contributed by atoms with E-state index in [1.165, 1.54) is 7.11 Å². The minimum absolute atomic E-state index is 0.0625. The summed E-state index contributed by atoms with van der Waals surface area (Å²) >= 11 is 0. The Hall–Kier alpha value is -3.27. The second-order valence-corrected chi connectivity index (χ2v) is 7.28. The molecule has 1 saturated heterocycles. The number of amides is 1. The number of rotatable bonds is 3. The first kappa shape index (κ1) is 21.4. The van der Waals surface area contributed by atoms with Crippen molar-refractivity contribution in [3.05, 3.63) is 41.3 Å². The topological polar surface area (TPSA) is 127 Å². The standard InChI is InChI=1S/C19H23N5O3.CH2O2/c1-23-8-6-12(7-9-23)24-18-14(11-20-24)13(10-17(25)22-18)15-4-3-5-16(21-15)19(26)27-2;2-1-3/h3-5,11-13H,6-10H2,1-2H3,(H,22,25);1H,(H,2,3). The van der Waals surface area contributed by atoms with Crippen molar-refractivity contribution in [3.8, 4) is 0 Å². The normalized spacial score (nSPS) is 19.1. The van der Waals surface area contributed by atoms with Gasteiger partial charge >= 0.3 is 5.97 Å². The minimum Gasteiger partial charge on any atom is -0.483 e. The van der Waals surface area contributed by atoms with E-state index in [0.717, 1.165) is 37.3 Å². The lowest BCUT2D eigenvalue weighted by atomic mass is 9.90. The summed E-state index contributed by atoms with van der Waals surface area (Å²) in [4.78, 5) is 39.3. The lowest BCUT2D eigenvalue weighted by Crippen LogP contribution is -2.33. The highest BCUT2D eigenvalue weighted by Gasteiger charge is 2.33. The molecule has 2 aromatic rings. The third-order valence-corrected chi connectivity index (χ3v) is 5.40. The zero-order valence-electron chi connectivity index (χ0n) is 16.9. The Bertz CT molecular complexity index is 920. The van der Waals surface area contributed by atoms with Crippen molar-refractivity contribution in [1.82, 2.24) is 19.7 Å². The van der Waals surface area contributed by atoms with Gasteiger partial charge in [0, 0.05) is 23.6 Å². The summed E-state index contributed by atoms with van der Waals surface area (Å²) in [5.41, 5.74) is 1.87. The molecule has 1 amide bonds. The number of hydrogen-bond donors (Lipinski definition) is 2. The Labute approximate surface area is 173 Å². The van der Waals surface area contributed by atoms with Crippen LogP contribution in [-0.2, 0) is 14.3 Å². The number of piperidine rings is 1. The Kier molecular flexibility index (Phi) is 6.78. The SMILES string of the molecule is COC(=O)c1cccc(C2CC(=O)Nc3c2cnn3C2CCN(C)CC2)n1.O=CO. The first-order valence-corrected chi connectivity index (χ1v) is 9.67. The van der Waals surface area contributed by atoms with E-state index >= 15 is 0 Å². The number of likely N-dealkylation sites (tertiary alicyclic amines) is 1. The van der Waals surface area contributed by atoms with Crippen LogP contribution in [0.15, 0.2) is 24.4 Å². The number of esters is 1. The van der Waals surface area contributed by atoms with Crippen molar-refractivity contribution < 1.29 is 24.2 Å². The van der Waals surface area contributed by atoms with Gasteiger partial charge in [0.25, 0.3) is 6.47 Å². The Morgan fingerprint density at radius 1 is 1.33 bits per heavy atom. The number of fused-ring (bicyclic) bond motifs is 1. The molecule has 0 bridgehead atoms. The summed E-state index contributed by atoms with van der Waals surface area (Å²) in [5, 5.41) is 14.5. The highest BCUT2D eigenvalue weighted by atomic mass is 16.5. The quantitative estimate of drug-likeness (QED) is 0.570. The zero-order valence-corrected chi connectivity index (χ0v) is 16.9. The highest BCUT2D eigenvalue weighted by molar-refractivity contribution is 5.94. The number of pyridine rings is 1. The lowest BCUT2D eigenvalue weighted by molar-refractivity contribution is -0.123. The van der Waals surface area contributed by atoms with Gasteiger partial charge in [0.1, 0.15) is 11.5 Å². The van der Waals surface area contributed by atoms with E-state index in [9.17, 15) is 9.59 Å². The van der Waals surface area contributed by atoms with Gasteiger partial charge < -0.3 is 20.1 Å². The van der Waals surface area contributed by atoms with Crippen LogP contribution in [0.2, 0.25) is 0 Å². The Balaban J connectivity index is 0.000000806. The first-order chi connectivity index (χ1) is 14.5. The maximum Gasteiger partial charge on any atom is 0.356 e. The summed E-state index contributed by atoms with van der Waals surface area (Å²) in [6.07, 6.45) is 4.11. The third kappa shape index (κ3) is 4.48. The van der Waals surface area contributed by atoms with E-state index in [4.69, 9.17) is 14.6 Å². The third-order valence-electron chi connectivity index (χ3n) is 5.40. The first-order valence-electron chi connectivity index (χ1n) is 9.67. The van der Waals surface area contributed by atoms with Crippen LogP contribution >= 0.6 is 0 Å². The maximum atomic E-state index is 12.4. The van der Waals surface area contributed by atoms with Gasteiger partial charge in [0.15, 0.2) is 0 Å². The molecule has 4 heterocycles. The van der Waals surface area contributed by atoms with Gasteiger partial charge in [-0.2, -0.15) is 5.10 Å². The fourth-order valence-electron chi connectivity index (χ4n) is 3.88. The fraction of sp³-hybridized carbons (Fsp3) is 0.450. The second-order valence-electron chi connectivity index (χ2n) is 7.28. The van der Waals surface area contributed by atoms with E-state index in [1.807, 2.05) is 16.9 Å². The molecule has 1 unspecified atom stereocenters. The van der Waals surface area contributed by atoms with Crippen LogP contribution in [0.3, 0.4) is 0 Å². The largest absolute Gasteiger partial charge is 0.483 e. The number of hydrogen-bond acceptors (Lipinski definition) is 7. The smallest absolute Gasteiger partial charge is 0.356 e. The van der Waals surface area contributed by atoms with Crippen molar-refractivity contribution >= 4 is 24.2 Å². The van der Waals surface area contributed by atoms with Gasteiger partial charge in [-0.05, 0) is 45.1 Å².